The lowest BCUT2D eigenvalue weighted by molar-refractivity contribution is -0.114. The van der Waals surface area contributed by atoms with Gasteiger partial charge in [0.1, 0.15) is 0 Å². The number of hydrogen-bond donors (Lipinski definition) is 1. The lowest BCUT2D eigenvalue weighted by Crippen LogP contribution is -2.44. The summed E-state index contributed by atoms with van der Waals surface area (Å²) in [4.78, 5) is 28.3. The fourth-order valence-electron chi connectivity index (χ4n) is 3.16. The number of allylic oxidation sites excluding steroid dienone is 2. The van der Waals surface area contributed by atoms with Crippen LogP contribution in [0.3, 0.4) is 0 Å². The van der Waals surface area contributed by atoms with Gasteiger partial charge in [-0.2, -0.15) is 0 Å². The molecule has 136 valence electrons. The van der Waals surface area contributed by atoms with Crippen molar-refractivity contribution >= 4 is 23.1 Å². The number of nitrogens with zero attached hydrogens (tertiary/aromatic N) is 2. The summed E-state index contributed by atoms with van der Waals surface area (Å²) >= 11 is 0. The van der Waals surface area contributed by atoms with Crippen molar-refractivity contribution in [2.45, 2.75) is 0 Å². The standard InChI is InChI=1S/C19H19F2N3O2/c1-12(10-14(21)13(2)20)11-24-16-5-3-4-15(17(16)18(25)19(24)26)23-8-6-22-7-9-23/h3-5,10,22H,1-2,6-9,11H2/b14-10+. The lowest BCUT2D eigenvalue weighted by atomic mass is 10.1. The number of halogens is 2. The van der Waals surface area contributed by atoms with Crippen LogP contribution in [0.5, 0.6) is 0 Å². The number of carbonyl (C=O) groups is 2. The van der Waals surface area contributed by atoms with E-state index in [0.29, 0.717) is 16.9 Å². The van der Waals surface area contributed by atoms with Crippen molar-refractivity contribution in [2.75, 3.05) is 42.5 Å². The van der Waals surface area contributed by atoms with Gasteiger partial charge in [-0.3, -0.25) is 9.59 Å². The Morgan fingerprint density at radius 1 is 1.15 bits per heavy atom. The van der Waals surface area contributed by atoms with Crippen LogP contribution in [0.15, 0.2) is 54.7 Å². The van der Waals surface area contributed by atoms with Crippen molar-refractivity contribution in [3.05, 3.63) is 60.2 Å². The van der Waals surface area contributed by atoms with E-state index in [2.05, 4.69) is 23.4 Å². The molecule has 1 aromatic rings. The second-order valence-electron chi connectivity index (χ2n) is 6.18. The summed E-state index contributed by atoms with van der Waals surface area (Å²) < 4.78 is 26.2. The number of Topliss-reactive ketones (excluding diaryl/α,β-unsaturated/α-hetero) is 1. The largest absolute Gasteiger partial charge is 0.368 e. The first-order chi connectivity index (χ1) is 12.4. The number of amides is 1. The molecule has 0 aliphatic carbocycles. The predicted molar refractivity (Wildman–Crippen MR) is 96.8 cm³/mol. The fraction of sp³-hybridized carbons (Fsp3) is 0.263. The third-order valence-corrected chi connectivity index (χ3v) is 4.39. The Balaban J connectivity index is 1.91. The van der Waals surface area contributed by atoms with Crippen molar-refractivity contribution in [1.29, 1.82) is 0 Å². The van der Waals surface area contributed by atoms with Crippen molar-refractivity contribution in [1.82, 2.24) is 5.32 Å². The molecule has 1 N–H and O–H groups in total. The zero-order chi connectivity index (χ0) is 18.8. The summed E-state index contributed by atoms with van der Waals surface area (Å²) in [5.41, 5.74) is 1.69. The van der Waals surface area contributed by atoms with E-state index in [-0.39, 0.29) is 12.1 Å². The molecule has 26 heavy (non-hydrogen) atoms. The number of ketones is 1. The highest BCUT2D eigenvalue weighted by Crippen LogP contribution is 2.36. The Morgan fingerprint density at radius 3 is 2.46 bits per heavy atom. The Bertz CT molecular complexity index is 826. The highest BCUT2D eigenvalue weighted by atomic mass is 19.2. The molecule has 0 unspecified atom stereocenters. The minimum Gasteiger partial charge on any atom is -0.368 e. The Hall–Kier alpha value is -2.80. The third-order valence-electron chi connectivity index (χ3n) is 4.39. The third kappa shape index (κ3) is 3.30. The van der Waals surface area contributed by atoms with Crippen LogP contribution in [-0.4, -0.2) is 44.4 Å². The molecule has 1 amide bonds. The van der Waals surface area contributed by atoms with Gasteiger partial charge in [0.15, 0.2) is 11.7 Å². The van der Waals surface area contributed by atoms with Crippen molar-refractivity contribution in [2.24, 2.45) is 0 Å². The van der Waals surface area contributed by atoms with Crippen molar-refractivity contribution in [3.63, 3.8) is 0 Å². The molecule has 7 heteroatoms. The highest BCUT2D eigenvalue weighted by molar-refractivity contribution is 6.53. The minimum atomic E-state index is -1.21. The number of nitrogens with one attached hydrogen (secondary N) is 1. The van der Waals surface area contributed by atoms with Gasteiger partial charge in [0.05, 0.1) is 23.5 Å². The fourth-order valence-corrected chi connectivity index (χ4v) is 3.16. The van der Waals surface area contributed by atoms with Gasteiger partial charge < -0.3 is 15.1 Å². The molecule has 2 heterocycles. The number of hydrogen-bond acceptors (Lipinski definition) is 4. The van der Waals surface area contributed by atoms with Gasteiger partial charge in [-0.25, -0.2) is 8.78 Å². The molecule has 0 bridgehead atoms. The van der Waals surface area contributed by atoms with E-state index in [1.54, 1.807) is 12.1 Å². The second kappa shape index (κ2) is 7.21. The molecule has 0 saturated carbocycles. The number of benzene rings is 1. The van der Waals surface area contributed by atoms with E-state index in [4.69, 9.17) is 0 Å². The normalized spacial score (nSPS) is 17.5. The highest BCUT2D eigenvalue weighted by Gasteiger charge is 2.38. The molecule has 0 atom stereocenters. The number of carbonyl (C=O) groups excluding carboxylic acids is 2. The number of piperazine rings is 1. The maximum Gasteiger partial charge on any atom is 0.299 e. The van der Waals surface area contributed by atoms with E-state index in [9.17, 15) is 18.4 Å². The van der Waals surface area contributed by atoms with Crippen LogP contribution in [0.2, 0.25) is 0 Å². The summed E-state index contributed by atoms with van der Waals surface area (Å²) in [5.74, 6) is -3.66. The van der Waals surface area contributed by atoms with Gasteiger partial charge in [-0.15, -0.1) is 0 Å². The van der Waals surface area contributed by atoms with Crippen LogP contribution in [0.4, 0.5) is 20.2 Å². The summed E-state index contributed by atoms with van der Waals surface area (Å²) in [6.45, 7) is 9.46. The first-order valence-corrected chi connectivity index (χ1v) is 8.24. The molecule has 2 aliphatic rings. The smallest absolute Gasteiger partial charge is 0.299 e. The molecule has 1 aromatic carbocycles. The topological polar surface area (TPSA) is 52.7 Å². The van der Waals surface area contributed by atoms with Gasteiger partial charge in [0.25, 0.3) is 11.7 Å². The molecule has 0 radical (unpaired) electrons. The maximum absolute atomic E-state index is 13.4. The molecule has 5 nitrogen and oxygen atoms in total. The van der Waals surface area contributed by atoms with E-state index in [1.807, 2.05) is 6.07 Å². The first kappa shape index (κ1) is 18.0. The molecule has 0 spiro atoms. The molecule has 0 aromatic heterocycles. The number of anilines is 2. The van der Waals surface area contributed by atoms with Gasteiger partial charge in [0.2, 0.25) is 0 Å². The summed E-state index contributed by atoms with van der Waals surface area (Å²) in [6.07, 6.45) is 0.873. The van der Waals surface area contributed by atoms with Gasteiger partial charge >= 0.3 is 0 Å². The summed E-state index contributed by atoms with van der Waals surface area (Å²) in [5, 5.41) is 3.24. The molecule has 1 fully saturated rings. The summed E-state index contributed by atoms with van der Waals surface area (Å²) in [7, 11) is 0. The van der Waals surface area contributed by atoms with Crippen LogP contribution in [0.25, 0.3) is 0 Å². The molecular formula is C19H19F2N3O2. The van der Waals surface area contributed by atoms with Crippen LogP contribution in [0.1, 0.15) is 10.4 Å². The monoisotopic (exact) mass is 359 g/mol. The lowest BCUT2D eigenvalue weighted by Gasteiger charge is -2.30. The van der Waals surface area contributed by atoms with Crippen molar-refractivity contribution < 1.29 is 18.4 Å². The minimum absolute atomic E-state index is 0.108. The number of rotatable bonds is 5. The zero-order valence-corrected chi connectivity index (χ0v) is 14.2. The predicted octanol–water partition coefficient (Wildman–Crippen LogP) is 2.52. The van der Waals surface area contributed by atoms with Gasteiger partial charge in [0, 0.05) is 26.2 Å². The molecule has 2 aliphatic heterocycles. The zero-order valence-electron chi connectivity index (χ0n) is 14.2. The van der Waals surface area contributed by atoms with E-state index >= 15 is 0 Å². The van der Waals surface area contributed by atoms with Gasteiger partial charge in [-0.1, -0.05) is 19.2 Å². The number of fused-ring (bicyclic) bond motifs is 1. The Morgan fingerprint density at radius 2 is 1.81 bits per heavy atom. The van der Waals surface area contributed by atoms with Crippen LogP contribution >= 0.6 is 0 Å². The average Bonchev–Trinajstić information content (AvgIpc) is 2.87. The molecule has 3 rings (SSSR count). The molecular weight excluding hydrogens is 340 g/mol. The van der Waals surface area contributed by atoms with Crippen molar-refractivity contribution in [3.8, 4) is 0 Å². The first-order valence-electron chi connectivity index (χ1n) is 8.24. The van der Waals surface area contributed by atoms with Crippen LogP contribution in [0, 0.1) is 0 Å². The Labute approximate surface area is 150 Å². The Kier molecular flexibility index (Phi) is 4.99. The summed E-state index contributed by atoms with van der Waals surface area (Å²) in [6, 6.07) is 5.27. The quantitative estimate of drug-likeness (QED) is 0.648. The molecule has 1 saturated heterocycles. The van der Waals surface area contributed by atoms with E-state index in [0.717, 1.165) is 32.3 Å². The maximum atomic E-state index is 13.4. The second-order valence-corrected chi connectivity index (χ2v) is 6.18. The van der Waals surface area contributed by atoms with E-state index < -0.39 is 23.3 Å². The average molecular weight is 359 g/mol. The van der Waals surface area contributed by atoms with Gasteiger partial charge in [-0.05, 0) is 23.8 Å². The van der Waals surface area contributed by atoms with Crippen LogP contribution in [-0.2, 0) is 4.79 Å². The van der Waals surface area contributed by atoms with E-state index in [1.165, 1.54) is 4.90 Å². The van der Waals surface area contributed by atoms with Crippen LogP contribution < -0.4 is 15.1 Å². The SMILES string of the molecule is C=C(/C=C(/F)C(=C)F)CN1C(=O)C(=O)c2c(N3CCNCC3)cccc21.